The maximum atomic E-state index is 4.64. The first-order valence-electron chi connectivity index (χ1n) is 6.75. The molecule has 0 saturated carbocycles. The largest absolute Gasteiger partial charge is 0.250 e. The maximum Gasteiger partial charge on any atom is 0.250 e. The molecule has 0 unspecified atom stereocenters. The zero-order valence-corrected chi connectivity index (χ0v) is 55.7. The molecule has 0 amide bonds. The summed E-state index contributed by atoms with van der Waals surface area (Å²) in [5.74, 6) is 0. The van der Waals surface area contributed by atoms with E-state index in [0.717, 1.165) is 0 Å². The third-order valence-electron chi connectivity index (χ3n) is 0.847. The Bertz CT molecular complexity index is 1840. The molecule has 0 aromatic rings. The molecule has 0 aromatic heterocycles. The van der Waals surface area contributed by atoms with Gasteiger partial charge in [-0.1, -0.05) is 0 Å². The predicted octanol–water partition coefficient (Wildman–Crippen LogP) is -1.45. The minimum atomic E-state index is 1.35. The summed E-state index contributed by atoms with van der Waals surface area (Å²) in [4.78, 5) is 0. The van der Waals surface area contributed by atoms with Crippen molar-refractivity contribution in [3.63, 3.8) is 0 Å². The average molecular weight is 1450 g/mol. The van der Waals surface area contributed by atoms with Gasteiger partial charge in [0.05, 0.1) is 0 Å². The van der Waals surface area contributed by atoms with Gasteiger partial charge in [0.1, 0.15) is 0 Å². The van der Waals surface area contributed by atoms with Crippen molar-refractivity contribution in [1.29, 1.82) is 0 Å². The van der Waals surface area contributed by atoms with E-state index in [1.807, 2.05) is 0 Å². The van der Waals surface area contributed by atoms with Crippen molar-refractivity contribution in [2.75, 3.05) is 0 Å². The van der Waals surface area contributed by atoms with Gasteiger partial charge in [-0.15, -0.1) is 0 Å². The molecule has 0 bridgehead atoms. The number of thiol groups is 5. The lowest BCUT2D eigenvalue weighted by Gasteiger charge is -1.33. The van der Waals surface area contributed by atoms with E-state index in [0.29, 0.717) is 0 Å². The van der Waals surface area contributed by atoms with Crippen LogP contribution in [0.4, 0.5) is 0 Å². The normalized spacial score (nSPS) is 6.67. The van der Waals surface area contributed by atoms with Gasteiger partial charge in [-0.25, -0.2) is 0 Å². The Morgan fingerprint density at radius 3 is 0.400 bits per heavy atom. The summed E-state index contributed by atoms with van der Waals surface area (Å²) >= 11 is 42.9. The number of hydrogen-bond acceptors (Lipinski definition) is 5. The Balaban J connectivity index is -0.000000148. The lowest BCUT2D eigenvalue weighted by atomic mass is 30.7. The van der Waals surface area contributed by atoms with Crippen LogP contribution in [-0.2, 0) is 423 Å². The topological polar surface area (TPSA) is 0 Å². The van der Waals surface area contributed by atoms with Crippen LogP contribution in [0.15, 0.2) is 0 Å². The summed E-state index contributed by atoms with van der Waals surface area (Å²) in [7, 11) is 55.7. The molecular formula is H5S45+5. The molecule has 0 aliphatic heterocycles. The van der Waals surface area contributed by atoms with Crippen LogP contribution in [0, 0.1) is 0 Å². The highest BCUT2D eigenvalue weighted by atomic mass is 33.4. The van der Waals surface area contributed by atoms with E-state index in [-0.39, 0.29) is 0 Å². The molecule has 0 spiro atoms. The maximum absolute atomic E-state index is 4.64. The second kappa shape index (κ2) is 74.8. The Labute approximate surface area is 410 Å². The molecule has 45 heteroatoms. The first kappa shape index (κ1) is 64.1. The van der Waals surface area contributed by atoms with E-state index >= 15 is 0 Å². The van der Waals surface area contributed by atoms with Crippen LogP contribution < -0.4 is 0 Å². The lowest BCUT2D eigenvalue weighted by molar-refractivity contribution is 6.02. The first-order chi connectivity index (χ1) is 22.1. The smallest absolute Gasteiger partial charge is 0.0000000000000736 e. The van der Waals surface area contributed by atoms with Crippen molar-refractivity contribution in [3.05, 3.63) is 0 Å². The van der Waals surface area contributed by atoms with E-state index in [2.05, 4.69) is 112 Å². The molecule has 0 rings (SSSR count). The van der Waals surface area contributed by atoms with Gasteiger partial charge in [-0.3, -0.25) is 0 Å². The molecule has 0 fully saturated rings. The predicted molar refractivity (Wildman–Crippen MR) is 338 cm³/mol. The standard InChI is InChI=1S/5S9/c5*1-3-5-7-9-8-6-4-2/p+5. The van der Waals surface area contributed by atoms with Gasteiger partial charge >= 0.3 is 0 Å². The summed E-state index contributed by atoms with van der Waals surface area (Å²) in [6.45, 7) is 0. The second-order valence-electron chi connectivity index (χ2n) is 2.41. The van der Waals surface area contributed by atoms with Crippen LogP contribution in [0.25, 0.3) is 0 Å². The lowest BCUT2D eigenvalue weighted by Crippen LogP contribution is -1.35. The van der Waals surface area contributed by atoms with Crippen molar-refractivity contribution >= 4 is 423 Å². The fraction of sp³-hybridized carbons (Fsp3) is 0. The molecule has 0 aliphatic carbocycles. The molecule has 0 saturated heterocycles. The monoisotopic (exact) mass is 1440 g/mol. The summed E-state index contributed by atoms with van der Waals surface area (Å²) < 4.78 is 0. The van der Waals surface area contributed by atoms with E-state index in [1.54, 1.807) is 222 Å². The number of hydrogen-bond donors (Lipinski definition) is 0. The van der Waals surface area contributed by atoms with Crippen molar-refractivity contribution < 1.29 is 0 Å². The van der Waals surface area contributed by atoms with E-state index in [9.17, 15) is 0 Å². The highest BCUT2D eigenvalue weighted by molar-refractivity contribution is 8.75. The minimum absolute atomic E-state index is 1.35. The molecule has 270 valence electrons. The van der Waals surface area contributed by atoms with Gasteiger partial charge in [0, 0.05) is 322 Å². The fourth-order valence-electron chi connectivity index (χ4n) is 0.289. The summed E-state index contributed by atoms with van der Waals surface area (Å²) in [5, 5.41) is 0. The average Bonchev–Trinajstić information content (AvgIpc) is 3.06. The van der Waals surface area contributed by atoms with Gasteiger partial charge in [-0.2, -0.15) is 0 Å². The third-order valence-corrected chi connectivity index (χ3v) is 68.6. The molecule has 0 aliphatic rings. The van der Waals surface area contributed by atoms with Crippen LogP contribution in [0.1, 0.15) is 0 Å². The highest BCUT2D eigenvalue weighted by Gasteiger charge is 1.43. The molecule has 0 radical (unpaired) electrons. The molecule has 0 nitrogen and oxygen atoms in total. The summed E-state index contributed by atoms with van der Waals surface area (Å²) in [6.07, 6.45) is 0. The molecule has 45 heavy (non-hydrogen) atoms. The highest BCUT2D eigenvalue weighted by Crippen LogP contribution is 1.38. The minimum Gasteiger partial charge on any atom is 0.0000000000000736 e. The zero-order valence-electron chi connectivity index (χ0n) is 18.6. The van der Waals surface area contributed by atoms with Crippen LogP contribution in [0.3, 0.4) is 0 Å². The molecule has 0 aromatic carbocycles. The van der Waals surface area contributed by atoms with Crippen molar-refractivity contribution in [1.82, 2.24) is 0 Å². The van der Waals surface area contributed by atoms with Crippen LogP contribution in [0.2, 0.25) is 0 Å². The summed E-state index contributed by atoms with van der Waals surface area (Å²) in [5.41, 5.74) is 0. The van der Waals surface area contributed by atoms with E-state index in [4.69, 9.17) is 0 Å². The zero-order chi connectivity index (χ0) is 34.7. The van der Waals surface area contributed by atoms with Gasteiger partial charge in [0.15, 0.2) is 0 Å². The van der Waals surface area contributed by atoms with Gasteiger partial charge in [0.25, 0.3) is 0 Å². The first-order valence-corrected chi connectivity index (χ1v) is 60.7. The van der Waals surface area contributed by atoms with Crippen molar-refractivity contribution in [2.24, 2.45) is 0 Å². The molecular weight excluding hydrogens is 1440 g/mol. The van der Waals surface area contributed by atoms with Crippen molar-refractivity contribution in [2.45, 2.75) is 0 Å². The molecule has 0 heterocycles. The fourth-order valence-corrected chi connectivity index (χ4v) is 70.2. The second-order valence-corrected chi connectivity index (χ2v) is 65.2. The Hall–Kier alpha value is 9.90. The Morgan fingerprint density at radius 1 is 0.178 bits per heavy atom. The Morgan fingerprint density at radius 2 is 0.289 bits per heavy atom. The van der Waals surface area contributed by atoms with Crippen LogP contribution in [-0.4, -0.2) is 0 Å². The Kier molecular flexibility index (Phi) is 106. The van der Waals surface area contributed by atoms with Crippen molar-refractivity contribution in [3.8, 4) is 0 Å². The molecule has 0 N–H and O–H groups in total. The van der Waals surface area contributed by atoms with Gasteiger partial charge in [0.2, 0.25) is 100 Å². The van der Waals surface area contributed by atoms with Crippen LogP contribution in [0.5, 0.6) is 0 Å². The van der Waals surface area contributed by atoms with Crippen LogP contribution >= 0.6 is 0 Å². The van der Waals surface area contributed by atoms with E-state index in [1.165, 1.54) is 88.8 Å². The SMILES string of the molecule is S=S=S=S=S=S=S=S=[SH+].S=S=S=S=S=S=S=S=[SH+].S=S=S=S=S=S=S=S=[SH+].S=S=S=S=S=S=S=S=[SH+].S=S=S=S=S=S=S=S=[SH+]. The number of rotatable bonds is 0. The van der Waals surface area contributed by atoms with E-state index < -0.39 is 0 Å². The molecule has 0 atom stereocenters. The third kappa shape index (κ3) is 91.2. The quantitative estimate of drug-likeness (QED) is 0.215. The van der Waals surface area contributed by atoms with Gasteiger partial charge < -0.3 is 0 Å². The summed E-state index contributed by atoms with van der Waals surface area (Å²) in [6, 6.07) is 0. The van der Waals surface area contributed by atoms with Gasteiger partial charge in [-0.05, 0) is 0 Å².